The molecule has 0 bridgehead atoms. The van der Waals surface area contributed by atoms with E-state index in [0.29, 0.717) is 36.5 Å². The van der Waals surface area contributed by atoms with Crippen molar-refractivity contribution in [1.82, 2.24) is 19.3 Å². The highest BCUT2D eigenvalue weighted by atomic mass is 19.4. The number of nitrogens with zero attached hydrogens (tertiary/aromatic N) is 4. The van der Waals surface area contributed by atoms with E-state index in [1.165, 1.54) is 12.1 Å². The lowest BCUT2D eigenvalue weighted by Gasteiger charge is -2.28. The molecule has 8 nitrogen and oxygen atoms in total. The van der Waals surface area contributed by atoms with Gasteiger partial charge in [-0.3, -0.25) is 9.48 Å². The fourth-order valence-corrected chi connectivity index (χ4v) is 5.07. The van der Waals surface area contributed by atoms with Crippen LogP contribution in [0, 0.1) is 5.92 Å². The maximum Gasteiger partial charge on any atom is 0.573 e. The Labute approximate surface area is 216 Å². The van der Waals surface area contributed by atoms with Crippen LogP contribution in [0.1, 0.15) is 48.7 Å². The van der Waals surface area contributed by atoms with Gasteiger partial charge in [0.25, 0.3) is 0 Å². The molecule has 1 aliphatic rings. The fraction of sp³-hybridized carbons (Fsp3) is 0.370. The van der Waals surface area contributed by atoms with Crippen LogP contribution in [0.3, 0.4) is 0 Å². The molecule has 2 unspecified atom stereocenters. The molecular weight excluding hydrogens is 501 g/mol. The molecule has 5 rings (SSSR count). The van der Waals surface area contributed by atoms with E-state index in [9.17, 15) is 23.1 Å². The zero-order chi connectivity index (χ0) is 26.9. The Hall–Kier alpha value is -4.02. The number of benzene rings is 2. The van der Waals surface area contributed by atoms with Crippen LogP contribution >= 0.6 is 0 Å². The maximum absolute atomic E-state index is 12.6. The molecule has 2 heterocycles. The highest BCUT2D eigenvalue weighted by molar-refractivity contribution is 5.79. The van der Waals surface area contributed by atoms with Gasteiger partial charge in [0, 0.05) is 31.8 Å². The molecule has 1 fully saturated rings. The van der Waals surface area contributed by atoms with Gasteiger partial charge in [0.05, 0.1) is 22.6 Å². The van der Waals surface area contributed by atoms with Crippen LogP contribution in [0.5, 0.6) is 11.5 Å². The number of halogens is 3. The quantitative estimate of drug-likeness (QED) is 0.318. The summed E-state index contributed by atoms with van der Waals surface area (Å²) in [7, 11) is 1.83. The molecule has 1 aliphatic carbocycles. The number of carboxylic acids is 1. The zero-order valence-corrected chi connectivity index (χ0v) is 20.7. The third-order valence-corrected chi connectivity index (χ3v) is 6.82. The van der Waals surface area contributed by atoms with E-state index < -0.39 is 18.2 Å². The molecule has 200 valence electrons. The van der Waals surface area contributed by atoms with E-state index in [2.05, 4.69) is 9.84 Å². The lowest BCUT2D eigenvalue weighted by Crippen LogP contribution is -2.27. The summed E-state index contributed by atoms with van der Waals surface area (Å²) in [5.41, 5.74) is 2.94. The number of alkyl halides is 3. The predicted octanol–water partition coefficient (Wildman–Crippen LogP) is 5.65. The molecular formula is C27H27F3N4O4. The van der Waals surface area contributed by atoms with Gasteiger partial charge in [-0.15, -0.1) is 13.2 Å². The fourth-order valence-electron chi connectivity index (χ4n) is 5.07. The van der Waals surface area contributed by atoms with Crippen molar-refractivity contribution in [2.24, 2.45) is 13.0 Å². The smallest absolute Gasteiger partial charge is 0.487 e. The molecule has 0 aliphatic heterocycles. The number of carbonyl (C=O) groups is 1. The van der Waals surface area contributed by atoms with Gasteiger partial charge in [0.2, 0.25) is 0 Å². The summed E-state index contributed by atoms with van der Waals surface area (Å²) in [5.74, 6) is -0.726. The van der Waals surface area contributed by atoms with Crippen LogP contribution in [0.2, 0.25) is 0 Å². The highest BCUT2D eigenvalue weighted by Crippen LogP contribution is 2.39. The van der Waals surface area contributed by atoms with E-state index in [1.54, 1.807) is 16.8 Å². The molecule has 2 aromatic heterocycles. The van der Waals surface area contributed by atoms with Crippen LogP contribution in [0.15, 0.2) is 54.7 Å². The largest absolute Gasteiger partial charge is 0.573 e. The number of aliphatic carboxylic acids is 1. The molecule has 0 amide bonds. The summed E-state index contributed by atoms with van der Waals surface area (Å²) in [6, 6.07) is 13.0. The highest BCUT2D eigenvalue weighted by Gasteiger charge is 2.35. The van der Waals surface area contributed by atoms with Crippen molar-refractivity contribution in [2.75, 3.05) is 0 Å². The lowest BCUT2D eigenvalue weighted by atomic mass is 9.78. The summed E-state index contributed by atoms with van der Waals surface area (Å²) < 4.78 is 51.4. The number of hydrogen-bond acceptors (Lipinski definition) is 5. The second-order valence-corrected chi connectivity index (χ2v) is 9.50. The number of rotatable bonds is 8. The van der Waals surface area contributed by atoms with E-state index in [-0.39, 0.29) is 18.3 Å². The monoisotopic (exact) mass is 528 g/mol. The van der Waals surface area contributed by atoms with Gasteiger partial charge < -0.3 is 19.1 Å². The molecule has 4 aromatic rings. The minimum atomic E-state index is -4.77. The van der Waals surface area contributed by atoms with Crippen molar-refractivity contribution in [1.29, 1.82) is 0 Å². The predicted molar refractivity (Wildman–Crippen MR) is 132 cm³/mol. The average molecular weight is 529 g/mol. The minimum Gasteiger partial charge on any atom is -0.487 e. The summed E-state index contributed by atoms with van der Waals surface area (Å²) in [4.78, 5) is 16.9. The van der Waals surface area contributed by atoms with Crippen LogP contribution in [0.25, 0.3) is 11.0 Å². The molecule has 2 aromatic carbocycles. The Bertz CT molecular complexity index is 1430. The third kappa shape index (κ3) is 5.76. The van der Waals surface area contributed by atoms with Crippen molar-refractivity contribution >= 4 is 17.0 Å². The average Bonchev–Trinajstić information content (AvgIpc) is 3.46. The standard InChI is InChI=1S/C27H27F3N4O4/c1-33-13-12-18(32-33)16-37-20-10-11-23-24(14-20)34(15-17-6-8-19(9-7-17)38-27(28,29)30)25(31-23)21-4-2-3-5-22(21)26(35)36/h6-14,21-22H,2-5,15-16H2,1H3,(H,35,36). The molecule has 0 saturated heterocycles. The van der Waals surface area contributed by atoms with E-state index >= 15 is 0 Å². The molecule has 0 spiro atoms. The summed E-state index contributed by atoms with van der Waals surface area (Å²) in [5, 5.41) is 14.2. The summed E-state index contributed by atoms with van der Waals surface area (Å²) >= 11 is 0. The topological polar surface area (TPSA) is 91.4 Å². The Kier molecular flexibility index (Phi) is 7.00. The van der Waals surface area contributed by atoms with Crippen LogP contribution < -0.4 is 9.47 Å². The Morgan fingerprint density at radius 2 is 1.82 bits per heavy atom. The van der Waals surface area contributed by atoms with Crippen molar-refractivity contribution < 1.29 is 32.5 Å². The van der Waals surface area contributed by atoms with Crippen molar-refractivity contribution in [3.63, 3.8) is 0 Å². The molecule has 1 N–H and O–H groups in total. The molecule has 0 radical (unpaired) electrons. The van der Waals surface area contributed by atoms with Gasteiger partial charge in [0.1, 0.15) is 23.9 Å². The Morgan fingerprint density at radius 1 is 1.08 bits per heavy atom. The van der Waals surface area contributed by atoms with Crippen molar-refractivity contribution in [3.8, 4) is 11.5 Å². The minimum absolute atomic E-state index is 0.276. The van der Waals surface area contributed by atoms with Crippen LogP contribution in [0.4, 0.5) is 13.2 Å². The Morgan fingerprint density at radius 3 is 2.50 bits per heavy atom. The second-order valence-electron chi connectivity index (χ2n) is 9.50. The van der Waals surface area contributed by atoms with Crippen molar-refractivity contribution in [3.05, 3.63) is 71.8 Å². The van der Waals surface area contributed by atoms with Gasteiger partial charge in [0.15, 0.2) is 0 Å². The zero-order valence-electron chi connectivity index (χ0n) is 20.7. The SMILES string of the molecule is Cn1ccc(COc2ccc3nc(C4CCCCC4C(=O)O)n(Cc4ccc(OC(F)(F)F)cc4)c3c2)n1. The summed E-state index contributed by atoms with van der Waals surface area (Å²) in [6.07, 6.45) is 0.0806. The van der Waals surface area contributed by atoms with Gasteiger partial charge in [-0.25, -0.2) is 4.98 Å². The number of aryl methyl sites for hydroxylation is 1. The second kappa shape index (κ2) is 10.4. The number of imidazole rings is 1. The van der Waals surface area contributed by atoms with Gasteiger partial charge in [-0.2, -0.15) is 5.10 Å². The van der Waals surface area contributed by atoms with E-state index in [1.807, 2.05) is 42.1 Å². The first-order chi connectivity index (χ1) is 18.2. The number of aromatic nitrogens is 4. The van der Waals surface area contributed by atoms with Gasteiger partial charge in [-0.05, 0) is 48.7 Å². The van der Waals surface area contributed by atoms with E-state index in [4.69, 9.17) is 9.72 Å². The first-order valence-corrected chi connectivity index (χ1v) is 12.4. The summed E-state index contributed by atoms with van der Waals surface area (Å²) in [6.45, 7) is 0.572. The van der Waals surface area contributed by atoms with E-state index in [0.717, 1.165) is 29.6 Å². The first kappa shape index (κ1) is 25.6. The normalized spacial score (nSPS) is 18.0. The van der Waals surface area contributed by atoms with Crippen LogP contribution in [-0.2, 0) is 25.0 Å². The first-order valence-electron chi connectivity index (χ1n) is 12.4. The number of hydrogen-bond donors (Lipinski definition) is 1. The van der Waals surface area contributed by atoms with Gasteiger partial charge in [-0.1, -0.05) is 25.0 Å². The molecule has 1 saturated carbocycles. The Balaban J connectivity index is 1.50. The maximum atomic E-state index is 12.6. The number of ether oxygens (including phenoxy) is 2. The van der Waals surface area contributed by atoms with Crippen LogP contribution in [-0.4, -0.2) is 36.8 Å². The van der Waals surface area contributed by atoms with Crippen molar-refractivity contribution in [2.45, 2.75) is 51.1 Å². The van der Waals surface area contributed by atoms with Gasteiger partial charge >= 0.3 is 12.3 Å². The lowest BCUT2D eigenvalue weighted by molar-refractivity contribution is -0.274. The molecule has 38 heavy (non-hydrogen) atoms. The number of fused-ring (bicyclic) bond motifs is 1. The number of carboxylic acid groups (broad SMARTS) is 1. The third-order valence-electron chi connectivity index (χ3n) is 6.82. The molecule has 11 heteroatoms. The molecule has 2 atom stereocenters.